The van der Waals surface area contributed by atoms with Gasteiger partial charge < -0.3 is 9.88 Å². The van der Waals surface area contributed by atoms with Crippen LogP contribution in [0.4, 0.5) is 0 Å². The van der Waals surface area contributed by atoms with Crippen molar-refractivity contribution in [2.45, 2.75) is 33.9 Å². The van der Waals surface area contributed by atoms with Crippen molar-refractivity contribution in [3.63, 3.8) is 0 Å². The van der Waals surface area contributed by atoms with E-state index in [1.807, 2.05) is 6.20 Å². The van der Waals surface area contributed by atoms with Gasteiger partial charge in [-0.05, 0) is 59.7 Å². The van der Waals surface area contributed by atoms with E-state index in [0.717, 1.165) is 25.5 Å². The Bertz CT molecular complexity index is 543. The van der Waals surface area contributed by atoms with Gasteiger partial charge in [-0.2, -0.15) is 0 Å². The molecule has 1 N–H and O–H groups in total. The number of benzene rings is 1. The first-order chi connectivity index (χ1) is 9.56. The minimum Gasteiger partial charge on any atom is -0.327 e. The fraction of sp³-hybridized carbons (Fsp3) is 0.438. The topological polar surface area (TPSA) is 29.9 Å². The Morgan fingerprint density at radius 1 is 1.25 bits per heavy atom. The van der Waals surface area contributed by atoms with Gasteiger partial charge in [-0.25, -0.2) is 4.98 Å². The van der Waals surface area contributed by atoms with E-state index >= 15 is 0 Å². The van der Waals surface area contributed by atoms with Crippen LogP contribution in [0.2, 0.25) is 0 Å². The summed E-state index contributed by atoms with van der Waals surface area (Å²) in [4.78, 5) is 4.45. The highest BCUT2D eigenvalue weighted by Gasteiger charge is 2.07. The summed E-state index contributed by atoms with van der Waals surface area (Å²) >= 11 is 2.33. The van der Waals surface area contributed by atoms with Gasteiger partial charge in [-0.3, -0.25) is 0 Å². The average molecular weight is 383 g/mol. The zero-order valence-electron chi connectivity index (χ0n) is 12.4. The van der Waals surface area contributed by atoms with Crippen LogP contribution in [0.1, 0.15) is 30.9 Å². The van der Waals surface area contributed by atoms with Crippen molar-refractivity contribution in [3.8, 4) is 0 Å². The Kier molecular flexibility index (Phi) is 5.60. The molecule has 0 aliphatic rings. The van der Waals surface area contributed by atoms with E-state index in [9.17, 15) is 0 Å². The predicted molar refractivity (Wildman–Crippen MR) is 91.8 cm³/mol. The molecule has 0 unspecified atom stereocenters. The molecule has 0 saturated heterocycles. The number of nitrogens with one attached hydrogen (secondary N) is 1. The fourth-order valence-corrected chi connectivity index (χ4v) is 2.49. The van der Waals surface area contributed by atoms with Gasteiger partial charge in [0.15, 0.2) is 0 Å². The quantitative estimate of drug-likeness (QED) is 0.773. The number of aromatic nitrogens is 2. The zero-order valence-corrected chi connectivity index (χ0v) is 14.5. The molecule has 0 amide bonds. The second-order valence-electron chi connectivity index (χ2n) is 5.53. The number of hydrogen-bond acceptors (Lipinski definition) is 2. The number of rotatable bonds is 6. The first-order valence-electron chi connectivity index (χ1n) is 7.02. The van der Waals surface area contributed by atoms with E-state index in [2.05, 4.69) is 82.5 Å². The van der Waals surface area contributed by atoms with E-state index in [1.54, 1.807) is 0 Å². The maximum atomic E-state index is 4.45. The number of imidazole rings is 1. The molecule has 20 heavy (non-hydrogen) atoms. The molecule has 0 saturated carbocycles. The first-order valence-corrected chi connectivity index (χ1v) is 8.10. The van der Waals surface area contributed by atoms with Crippen molar-refractivity contribution in [1.82, 2.24) is 14.9 Å². The number of nitrogens with zero attached hydrogens (tertiary/aromatic N) is 2. The summed E-state index contributed by atoms with van der Waals surface area (Å²) in [6, 6.07) is 8.68. The lowest BCUT2D eigenvalue weighted by molar-refractivity contribution is 0.537. The van der Waals surface area contributed by atoms with E-state index in [4.69, 9.17) is 0 Å². The fourth-order valence-electron chi connectivity index (χ4n) is 2.13. The molecule has 0 spiro atoms. The molecule has 2 rings (SSSR count). The summed E-state index contributed by atoms with van der Waals surface area (Å²) in [5, 5.41) is 3.49. The first kappa shape index (κ1) is 15.5. The van der Waals surface area contributed by atoms with Crippen LogP contribution in [0.25, 0.3) is 0 Å². The molecule has 0 atom stereocenters. The van der Waals surface area contributed by atoms with E-state index < -0.39 is 0 Å². The van der Waals surface area contributed by atoms with Crippen molar-refractivity contribution in [1.29, 1.82) is 0 Å². The molecule has 1 heterocycles. The lowest BCUT2D eigenvalue weighted by Crippen LogP contribution is -2.21. The van der Waals surface area contributed by atoms with Crippen LogP contribution in [0.15, 0.2) is 30.5 Å². The average Bonchev–Trinajstić information content (AvgIpc) is 2.74. The number of hydrogen-bond donors (Lipinski definition) is 1. The van der Waals surface area contributed by atoms with Gasteiger partial charge in [0.2, 0.25) is 0 Å². The Morgan fingerprint density at radius 2 is 1.95 bits per heavy atom. The minimum absolute atomic E-state index is 0.670. The lowest BCUT2D eigenvalue weighted by Gasteiger charge is -2.12. The second-order valence-corrected chi connectivity index (χ2v) is 6.78. The van der Waals surface area contributed by atoms with E-state index in [1.165, 1.54) is 14.8 Å². The highest BCUT2D eigenvalue weighted by atomic mass is 127. The van der Waals surface area contributed by atoms with Crippen LogP contribution >= 0.6 is 22.6 Å². The molecule has 108 valence electrons. The van der Waals surface area contributed by atoms with E-state index in [-0.39, 0.29) is 0 Å². The van der Waals surface area contributed by atoms with Crippen LogP contribution in [-0.2, 0) is 13.1 Å². The molecule has 0 fully saturated rings. The standard InChI is InChI=1S/C16H22IN3/c1-12(2)8-18-9-16-10-19-13(3)20(16)11-14-4-6-15(17)7-5-14/h4-7,10,12,18H,8-9,11H2,1-3H3. The summed E-state index contributed by atoms with van der Waals surface area (Å²) in [6.07, 6.45) is 1.98. The number of aryl methyl sites for hydroxylation is 1. The van der Waals surface area contributed by atoms with Crippen molar-refractivity contribution >= 4 is 22.6 Å². The highest BCUT2D eigenvalue weighted by Crippen LogP contribution is 2.12. The zero-order chi connectivity index (χ0) is 14.5. The van der Waals surface area contributed by atoms with Crippen molar-refractivity contribution < 1.29 is 0 Å². The van der Waals surface area contributed by atoms with E-state index in [0.29, 0.717) is 5.92 Å². The summed E-state index contributed by atoms with van der Waals surface area (Å²) in [5.74, 6) is 1.74. The predicted octanol–water partition coefficient (Wildman–Crippen LogP) is 3.59. The summed E-state index contributed by atoms with van der Waals surface area (Å²) in [5.41, 5.74) is 2.57. The van der Waals surface area contributed by atoms with Gasteiger partial charge in [0, 0.05) is 22.9 Å². The molecule has 4 heteroatoms. The largest absolute Gasteiger partial charge is 0.327 e. The molecule has 0 bridgehead atoms. The van der Waals surface area contributed by atoms with Gasteiger partial charge in [0.1, 0.15) is 5.82 Å². The molecule has 1 aromatic carbocycles. The Morgan fingerprint density at radius 3 is 2.60 bits per heavy atom. The Hall–Kier alpha value is -0.880. The Labute approximate surface area is 134 Å². The number of halogens is 1. The SMILES string of the molecule is Cc1ncc(CNCC(C)C)n1Cc1ccc(I)cc1. The van der Waals surface area contributed by atoms with Crippen LogP contribution in [0, 0.1) is 16.4 Å². The third kappa shape index (κ3) is 4.31. The normalized spacial score (nSPS) is 11.2. The van der Waals surface area contributed by atoms with Crippen molar-refractivity contribution in [2.75, 3.05) is 6.54 Å². The molecule has 1 aromatic heterocycles. The van der Waals surface area contributed by atoms with Gasteiger partial charge in [-0.15, -0.1) is 0 Å². The van der Waals surface area contributed by atoms with Crippen LogP contribution < -0.4 is 5.32 Å². The lowest BCUT2D eigenvalue weighted by atomic mass is 10.2. The molecular weight excluding hydrogens is 361 g/mol. The highest BCUT2D eigenvalue weighted by molar-refractivity contribution is 14.1. The smallest absolute Gasteiger partial charge is 0.106 e. The maximum absolute atomic E-state index is 4.45. The van der Waals surface area contributed by atoms with Crippen LogP contribution in [-0.4, -0.2) is 16.1 Å². The van der Waals surface area contributed by atoms with Crippen LogP contribution in [0.5, 0.6) is 0 Å². The molecule has 0 aliphatic carbocycles. The maximum Gasteiger partial charge on any atom is 0.106 e. The molecule has 2 aromatic rings. The third-order valence-corrected chi connectivity index (χ3v) is 3.97. The monoisotopic (exact) mass is 383 g/mol. The van der Waals surface area contributed by atoms with Crippen molar-refractivity contribution in [2.24, 2.45) is 5.92 Å². The Balaban J connectivity index is 2.06. The molecule has 0 radical (unpaired) electrons. The third-order valence-electron chi connectivity index (χ3n) is 3.25. The second kappa shape index (κ2) is 7.22. The van der Waals surface area contributed by atoms with Gasteiger partial charge in [-0.1, -0.05) is 26.0 Å². The summed E-state index contributed by atoms with van der Waals surface area (Å²) in [7, 11) is 0. The van der Waals surface area contributed by atoms with Crippen LogP contribution in [0.3, 0.4) is 0 Å². The van der Waals surface area contributed by atoms with Gasteiger partial charge >= 0.3 is 0 Å². The summed E-state index contributed by atoms with van der Waals surface area (Å²) < 4.78 is 3.56. The molecule has 0 aliphatic heterocycles. The molecular formula is C16H22IN3. The van der Waals surface area contributed by atoms with Crippen molar-refractivity contribution in [3.05, 3.63) is 51.1 Å². The molecule has 3 nitrogen and oxygen atoms in total. The minimum atomic E-state index is 0.670. The van der Waals surface area contributed by atoms with Gasteiger partial charge in [0.25, 0.3) is 0 Å². The summed E-state index contributed by atoms with van der Waals surface area (Å²) in [6.45, 7) is 9.32. The van der Waals surface area contributed by atoms with Gasteiger partial charge in [0.05, 0.1) is 5.69 Å².